The first-order valence-electron chi connectivity index (χ1n) is 8.47. The lowest BCUT2D eigenvalue weighted by atomic mass is 9.95. The maximum absolute atomic E-state index is 3.72. The third-order valence-electron chi connectivity index (χ3n) is 5.86. The van der Waals surface area contributed by atoms with Crippen molar-refractivity contribution in [3.8, 4) is 0 Å². The van der Waals surface area contributed by atoms with Gasteiger partial charge in [0.1, 0.15) is 0 Å². The zero-order valence-corrected chi connectivity index (χ0v) is 12.8. The molecule has 1 N–H and O–H groups in total. The van der Waals surface area contributed by atoms with Crippen LogP contribution < -0.4 is 5.32 Å². The zero-order chi connectivity index (χ0) is 13.2. The maximum Gasteiger partial charge on any atom is 0.0195 e. The van der Waals surface area contributed by atoms with Crippen LogP contribution in [0.4, 0.5) is 0 Å². The van der Waals surface area contributed by atoms with Crippen molar-refractivity contribution in [3.05, 3.63) is 0 Å². The van der Waals surface area contributed by atoms with Gasteiger partial charge in [0.25, 0.3) is 0 Å². The molecule has 3 rings (SSSR count). The lowest BCUT2D eigenvalue weighted by molar-refractivity contribution is 0.0702. The van der Waals surface area contributed by atoms with Gasteiger partial charge in [0.15, 0.2) is 0 Å². The van der Waals surface area contributed by atoms with Gasteiger partial charge in [-0.3, -0.25) is 4.90 Å². The van der Waals surface area contributed by atoms with Crippen LogP contribution in [-0.2, 0) is 0 Å². The molecule has 19 heavy (non-hydrogen) atoms. The Labute approximate surface area is 118 Å². The van der Waals surface area contributed by atoms with E-state index in [9.17, 15) is 0 Å². The fraction of sp³-hybridized carbons (Fsp3) is 1.00. The third kappa shape index (κ3) is 2.98. The van der Waals surface area contributed by atoms with Crippen molar-refractivity contribution in [3.63, 3.8) is 0 Å². The molecule has 0 aromatic carbocycles. The van der Waals surface area contributed by atoms with Crippen LogP contribution >= 0.6 is 0 Å². The van der Waals surface area contributed by atoms with Gasteiger partial charge in [0.2, 0.25) is 0 Å². The van der Waals surface area contributed by atoms with Crippen molar-refractivity contribution < 1.29 is 0 Å². The average molecular weight is 265 g/mol. The molecule has 0 radical (unpaired) electrons. The molecule has 3 nitrogen and oxygen atoms in total. The van der Waals surface area contributed by atoms with Crippen molar-refractivity contribution in [1.82, 2.24) is 15.1 Å². The Bertz CT molecular complexity index is 274. The summed E-state index contributed by atoms with van der Waals surface area (Å²) < 4.78 is 0. The molecule has 3 atom stereocenters. The summed E-state index contributed by atoms with van der Waals surface area (Å²) >= 11 is 0. The molecule has 0 aromatic rings. The number of likely N-dealkylation sites (N-methyl/N-ethyl adjacent to an activating group) is 1. The summed E-state index contributed by atoms with van der Waals surface area (Å²) in [5, 5.41) is 3.72. The normalized spacial score (nSPS) is 39.9. The molecule has 0 amide bonds. The number of fused-ring (bicyclic) bond motifs is 2. The van der Waals surface area contributed by atoms with Crippen molar-refractivity contribution in [2.75, 3.05) is 26.7 Å². The Balaban J connectivity index is 1.56. The Morgan fingerprint density at radius 3 is 2.42 bits per heavy atom. The number of nitrogens with zero attached hydrogens (tertiary/aromatic N) is 2. The smallest absolute Gasteiger partial charge is 0.0195 e. The molecule has 0 aliphatic carbocycles. The summed E-state index contributed by atoms with van der Waals surface area (Å²) in [5.41, 5.74) is 0. The predicted molar refractivity (Wildman–Crippen MR) is 80.5 cm³/mol. The minimum Gasteiger partial charge on any atom is -0.313 e. The van der Waals surface area contributed by atoms with Gasteiger partial charge >= 0.3 is 0 Å². The Morgan fingerprint density at radius 1 is 1.11 bits per heavy atom. The van der Waals surface area contributed by atoms with E-state index in [0.717, 1.165) is 24.2 Å². The van der Waals surface area contributed by atoms with Crippen molar-refractivity contribution in [1.29, 1.82) is 0 Å². The highest BCUT2D eigenvalue weighted by molar-refractivity contribution is 4.97. The second kappa shape index (κ2) is 6.11. The first kappa shape index (κ1) is 13.8. The van der Waals surface area contributed by atoms with Gasteiger partial charge in [-0.2, -0.15) is 0 Å². The van der Waals surface area contributed by atoms with Gasteiger partial charge in [-0.05, 0) is 58.7 Å². The molecule has 3 aliphatic rings. The number of rotatable bonds is 4. The number of piperidine rings is 2. The molecular formula is C16H31N3. The first-order valence-corrected chi connectivity index (χ1v) is 8.47. The van der Waals surface area contributed by atoms with E-state index in [-0.39, 0.29) is 0 Å². The molecule has 0 aromatic heterocycles. The van der Waals surface area contributed by atoms with E-state index >= 15 is 0 Å². The monoisotopic (exact) mass is 265 g/mol. The standard InChI is InChI=1S/C16H31N3/c1-3-19(12-13-6-4-5-9-17-13)16-10-14-7-8-15(11-16)18(14)2/h13-17H,3-12H2,1-2H3. The highest BCUT2D eigenvalue weighted by Crippen LogP contribution is 2.36. The number of nitrogens with one attached hydrogen (secondary N) is 1. The van der Waals surface area contributed by atoms with Crippen LogP contribution in [0, 0.1) is 0 Å². The van der Waals surface area contributed by atoms with Gasteiger partial charge in [-0.25, -0.2) is 0 Å². The van der Waals surface area contributed by atoms with Gasteiger partial charge in [0.05, 0.1) is 0 Å². The van der Waals surface area contributed by atoms with E-state index in [1.165, 1.54) is 64.6 Å². The van der Waals surface area contributed by atoms with Crippen molar-refractivity contribution in [2.24, 2.45) is 0 Å². The van der Waals surface area contributed by atoms with Crippen LogP contribution in [-0.4, -0.2) is 60.6 Å². The van der Waals surface area contributed by atoms with Crippen LogP contribution in [0.5, 0.6) is 0 Å². The van der Waals surface area contributed by atoms with Crippen molar-refractivity contribution >= 4 is 0 Å². The highest BCUT2D eigenvalue weighted by atomic mass is 15.2. The van der Waals surface area contributed by atoms with Crippen LogP contribution in [0.15, 0.2) is 0 Å². The van der Waals surface area contributed by atoms with Gasteiger partial charge in [-0.1, -0.05) is 13.3 Å². The van der Waals surface area contributed by atoms with E-state index in [0.29, 0.717) is 0 Å². The molecule has 3 heterocycles. The lowest BCUT2D eigenvalue weighted by Gasteiger charge is -2.43. The summed E-state index contributed by atoms with van der Waals surface area (Å²) in [4.78, 5) is 5.44. The fourth-order valence-corrected chi connectivity index (χ4v) is 4.58. The molecule has 3 unspecified atom stereocenters. The molecule has 3 saturated heterocycles. The largest absolute Gasteiger partial charge is 0.313 e. The average Bonchev–Trinajstić information content (AvgIpc) is 2.68. The van der Waals surface area contributed by atoms with Crippen LogP contribution in [0.1, 0.15) is 51.9 Å². The summed E-state index contributed by atoms with van der Waals surface area (Å²) in [6, 6.07) is 3.35. The van der Waals surface area contributed by atoms with Crippen LogP contribution in [0.3, 0.4) is 0 Å². The number of hydrogen-bond donors (Lipinski definition) is 1. The minimum absolute atomic E-state index is 0.756. The van der Waals surface area contributed by atoms with E-state index in [4.69, 9.17) is 0 Å². The molecule has 110 valence electrons. The second-order valence-electron chi connectivity index (χ2n) is 6.91. The Hall–Kier alpha value is -0.120. The first-order chi connectivity index (χ1) is 9.28. The molecular weight excluding hydrogens is 234 g/mol. The molecule has 3 heteroatoms. The maximum atomic E-state index is 3.72. The molecule has 3 aliphatic heterocycles. The van der Waals surface area contributed by atoms with Crippen LogP contribution in [0.2, 0.25) is 0 Å². The molecule has 3 fully saturated rings. The second-order valence-corrected chi connectivity index (χ2v) is 6.91. The van der Waals surface area contributed by atoms with E-state index in [1.54, 1.807) is 0 Å². The summed E-state index contributed by atoms with van der Waals surface area (Å²) in [6.45, 7) is 6.10. The summed E-state index contributed by atoms with van der Waals surface area (Å²) in [6.07, 6.45) is 9.89. The topological polar surface area (TPSA) is 18.5 Å². The Morgan fingerprint density at radius 2 is 1.84 bits per heavy atom. The van der Waals surface area contributed by atoms with Gasteiger partial charge in [-0.15, -0.1) is 0 Å². The minimum atomic E-state index is 0.756. The molecule has 0 spiro atoms. The van der Waals surface area contributed by atoms with Crippen LogP contribution in [0.25, 0.3) is 0 Å². The third-order valence-corrected chi connectivity index (χ3v) is 5.86. The van der Waals surface area contributed by atoms with Crippen molar-refractivity contribution in [2.45, 2.75) is 76.0 Å². The number of hydrogen-bond acceptors (Lipinski definition) is 3. The zero-order valence-electron chi connectivity index (χ0n) is 12.8. The highest BCUT2D eigenvalue weighted by Gasteiger charge is 2.40. The fourth-order valence-electron chi connectivity index (χ4n) is 4.58. The predicted octanol–water partition coefficient (Wildman–Crippen LogP) is 2.08. The lowest BCUT2D eigenvalue weighted by Crippen LogP contribution is -2.52. The SMILES string of the molecule is CCN(CC1CCCCN1)C1CC2CCC(C1)N2C. The molecule has 0 saturated carbocycles. The van der Waals surface area contributed by atoms with E-state index in [1.807, 2.05) is 0 Å². The van der Waals surface area contributed by atoms with E-state index in [2.05, 4.69) is 29.1 Å². The van der Waals surface area contributed by atoms with Gasteiger partial charge < -0.3 is 10.2 Å². The van der Waals surface area contributed by atoms with E-state index < -0.39 is 0 Å². The quantitative estimate of drug-likeness (QED) is 0.839. The summed E-state index contributed by atoms with van der Waals surface area (Å²) in [5.74, 6) is 0. The summed E-state index contributed by atoms with van der Waals surface area (Å²) in [7, 11) is 2.34. The van der Waals surface area contributed by atoms with Gasteiger partial charge in [0, 0.05) is 30.7 Å². The Kier molecular flexibility index (Phi) is 4.45. The molecule has 2 bridgehead atoms.